The molecule has 2 aromatic carbocycles. The molecule has 98 valence electrons. The van der Waals surface area contributed by atoms with Gasteiger partial charge in [0.2, 0.25) is 0 Å². The highest BCUT2D eigenvalue weighted by molar-refractivity contribution is 5.74. The zero-order valence-electron chi connectivity index (χ0n) is 10.8. The summed E-state index contributed by atoms with van der Waals surface area (Å²) in [4.78, 5) is 0. The molecule has 1 unspecified atom stereocenters. The zero-order chi connectivity index (χ0) is 13.4. The van der Waals surface area contributed by atoms with Gasteiger partial charge in [-0.2, -0.15) is 0 Å². The predicted molar refractivity (Wildman–Crippen MR) is 76.1 cm³/mol. The van der Waals surface area contributed by atoms with Crippen molar-refractivity contribution in [2.45, 2.75) is 12.6 Å². The van der Waals surface area contributed by atoms with E-state index in [1.54, 1.807) is 0 Å². The summed E-state index contributed by atoms with van der Waals surface area (Å²) in [7, 11) is 0. The van der Waals surface area contributed by atoms with Crippen LogP contribution in [0.4, 0.5) is 5.69 Å². The minimum Gasteiger partial charge on any atom is -0.376 e. The molecule has 0 aliphatic carbocycles. The maximum absolute atomic E-state index is 4.15. The third kappa shape index (κ3) is 1.75. The monoisotopic (exact) mass is 263 g/mol. The van der Waals surface area contributed by atoms with Crippen molar-refractivity contribution < 1.29 is 0 Å². The van der Waals surface area contributed by atoms with E-state index < -0.39 is 0 Å². The summed E-state index contributed by atoms with van der Waals surface area (Å²) >= 11 is 0. The molecule has 4 rings (SSSR count). The number of tetrazole rings is 1. The molecule has 5 heteroatoms. The number of benzene rings is 2. The van der Waals surface area contributed by atoms with E-state index in [2.05, 4.69) is 39.0 Å². The third-order valence-electron chi connectivity index (χ3n) is 3.59. The van der Waals surface area contributed by atoms with Crippen LogP contribution in [0.25, 0.3) is 11.4 Å². The van der Waals surface area contributed by atoms with Gasteiger partial charge in [0.05, 0.1) is 12.6 Å². The first-order valence-corrected chi connectivity index (χ1v) is 6.59. The van der Waals surface area contributed by atoms with Crippen molar-refractivity contribution in [1.29, 1.82) is 0 Å². The van der Waals surface area contributed by atoms with Gasteiger partial charge in [0.1, 0.15) is 0 Å². The fraction of sp³-hybridized carbons (Fsp3) is 0.133. The van der Waals surface area contributed by atoms with E-state index in [1.165, 1.54) is 5.56 Å². The molecule has 1 N–H and O–H groups in total. The van der Waals surface area contributed by atoms with Crippen molar-refractivity contribution in [3.8, 4) is 11.4 Å². The van der Waals surface area contributed by atoms with Gasteiger partial charge in [0.25, 0.3) is 0 Å². The SMILES string of the molecule is c1ccc(C2Cn3nnnc3-c3ccccc3N2)cc1. The number of para-hydroxylation sites is 1. The largest absolute Gasteiger partial charge is 0.376 e. The molecule has 1 aliphatic heterocycles. The summed E-state index contributed by atoms with van der Waals surface area (Å²) in [6.07, 6.45) is 0. The van der Waals surface area contributed by atoms with Crippen molar-refractivity contribution in [2.24, 2.45) is 0 Å². The van der Waals surface area contributed by atoms with Crippen molar-refractivity contribution in [3.63, 3.8) is 0 Å². The molecule has 2 heterocycles. The number of anilines is 1. The molecule has 0 saturated heterocycles. The van der Waals surface area contributed by atoms with Crippen LogP contribution in [0.15, 0.2) is 54.6 Å². The van der Waals surface area contributed by atoms with E-state index in [0.717, 1.165) is 17.1 Å². The normalized spacial score (nSPS) is 16.7. The minimum absolute atomic E-state index is 0.155. The lowest BCUT2D eigenvalue weighted by Crippen LogP contribution is -2.16. The van der Waals surface area contributed by atoms with Crippen LogP contribution in [0.1, 0.15) is 11.6 Å². The van der Waals surface area contributed by atoms with E-state index in [9.17, 15) is 0 Å². The van der Waals surface area contributed by atoms with Gasteiger partial charge in [0, 0.05) is 11.3 Å². The minimum atomic E-state index is 0.155. The molecule has 0 bridgehead atoms. The molecular weight excluding hydrogens is 250 g/mol. The second-order valence-corrected chi connectivity index (χ2v) is 4.84. The Morgan fingerprint density at radius 1 is 1.00 bits per heavy atom. The molecular formula is C15H13N5. The molecule has 0 spiro atoms. The van der Waals surface area contributed by atoms with Crippen LogP contribution in [0.5, 0.6) is 0 Å². The average Bonchev–Trinajstić information content (AvgIpc) is 2.90. The molecule has 0 saturated carbocycles. The Labute approximate surface area is 116 Å². The number of nitrogens with one attached hydrogen (secondary N) is 1. The van der Waals surface area contributed by atoms with Crippen LogP contribution in [0.3, 0.4) is 0 Å². The van der Waals surface area contributed by atoms with Gasteiger partial charge in [-0.25, -0.2) is 4.68 Å². The number of nitrogens with zero attached hydrogens (tertiary/aromatic N) is 4. The smallest absolute Gasteiger partial charge is 0.184 e. The van der Waals surface area contributed by atoms with Gasteiger partial charge in [-0.15, -0.1) is 5.10 Å². The van der Waals surface area contributed by atoms with E-state index in [-0.39, 0.29) is 6.04 Å². The lowest BCUT2D eigenvalue weighted by atomic mass is 10.1. The number of hydrogen-bond acceptors (Lipinski definition) is 4. The Morgan fingerprint density at radius 2 is 1.80 bits per heavy atom. The van der Waals surface area contributed by atoms with Crippen molar-refractivity contribution in [1.82, 2.24) is 20.2 Å². The first-order chi connectivity index (χ1) is 9.92. The van der Waals surface area contributed by atoms with Gasteiger partial charge >= 0.3 is 0 Å². The lowest BCUT2D eigenvalue weighted by molar-refractivity contribution is 0.543. The Morgan fingerprint density at radius 3 is 2.70 bits per heavy atom. The number of fused-ring (bicyclic) bond motifs is 3. The highest BCUT2D eigenvalue weighted by atomic mass is 15.5. The van der Waals surface area contributed by atoms with Gasteiger partial charge in [0.15, 0.2) is 5.82 Å². The topological polar surface area (TPSA) is 55.6 Å². The van der Waals surface area contributed by atoms with E-state index in [0.29, 0.717) is 6.54 Å². The molecule has 0 radical (unpaired) electrons. The highest BCUT2D eigenvalue weighted by Crippen LogP contribution is 2.33. The van der Waals surface area contributed by atoms with Gasteiger partial charge < -0.3 is 5.32 Å². The molecule has 3 aromatic rings. The van der Waals surface area contributed by atoms with E-state index >= 15 is 0 Å². The van der Waals surface area contributed by atoms with Crippen molar-refractivity contribution >= 4 is 5.69 Å². The van der Waals surface area contributed by atoms with E-state index in [4.69, 9.17) is 0 Å². The summed E-state index contributed by atoms with van der Waals surface area (Å²) in [5.41, 5.74) is 3.33. The zero-order valence-corrected chi connectivity index (χ0v) is 10.8. The standard InChI is InChI=1S/C15H13N5/c1-2-6-11(7-3-1)14-10-20-15(17-18-19-20)12-8-4-5-9-13(12)16-14/h1-9,14,16H,10H2. The molecule has 20 heavy (non-hydrogen) atoms. The fourth-order valence-electron chi connectivity index (χ4n) is 2.60. The Hall–Kier alpha value is -2.69. The summed E-state index contributed by atoms with van der Waals surface area (Å²) in [5, 5.41) is 15.6. The third-order valence-corrected chi connectivity index (χ3v) is 3.59. The first kappa shape index (κ1) is 11.2. The maximum atomic E-state index is 4.15. The Balaban J connectivity index is 1.85. The summed E-state index contributed by atoms with van der Waals surface area (Å²) in [5.74, 6) is 0.812. The van der Waals surface area contributed by atoms with Crippen LogP contribution < -0.4 is 5.32 Å². The van der Waals surface area contributed by atoms with Crippen LogP contribution in [0, 0.1) is 0 Å². The average molecular weight is 263 g/mol. The number of rotatable bonds is 1. The van der Waals surface area contributed by atoms with Crippen molar-refractivity contribution in [3.05, 3.63) is 60.2 Å². The van der Waals surface area contributed by atoms with Gasteiger partial charge in [-0.1, -0.05) is 42.5 Å². The maximum Gasteiger partial charge on any atom is 0.184 e. The highest BCUT2D eigenvalue weighted by Gasteiger charge is 2.23. The molecule has 1 atom stereocenters. The van der Waals surface area contributed by atoms with E-state index in [1.807, 2.05) is 41.1 Å². The van der Waals surface area contributed by atoms with Gasteiger partial charge in [-0.3, -0.25) is 0 Å². The summed E-state index contributed by atoms with van der Waals surface area (Å²) in [6.45, 7) is 0.709. The Kier molecular flexibility index (Phi) is 2.48. The first-order valence-electron chi connectivity index (χ1n) is 6.59. The quantitative estimate of drug-likeness (QED) is 0.733. The molecule has 1 aliphatic rings. The summed E-state index contributed by atoms with van der Waals surface area (Å²) < 4.78 is 1.86. The van der Waals surface area contributed by atoms with Crippen LogP contribution >= 0.6 is 0 Å². The molecule has 5 nitrogen and oxygen atoms in total. The van der Waals surface area contributed by atoms with Crippen LogP contribution in [-0.2, 0) is 6.54 Å². The molecule has 1 aromatic heterocycles. The molecule has 0 amide bonds. The predicted octanol–water partition coefficient (Wildman–Crippen LogP) is 2.51. The molecule has 0 fully saturated rings. The fourth-order valence-corrected chi connectivity index (χ4v) is 2.60. The number of hydrogen-bond donors (Lipinski definition) is 1. The van der Waals surface area contributed by atoms with Crippen LogP contribution in [0.2, 0.25) is 0 Å². The summed E-state index contributed by atoms with van der Waals surface area (Å²) in [6, 6.07) is 18.6. The number of aromatic nitrogens is 4. The second kappa shape index (κ2) is 4.45. The Bertz CT molecular complexity index is 735. The lowest BCUT2D eigenvalue weighted by Gasteiger charge is -2.18. The van der Waals surface area contributed by atoms with Crippen molar-refractivity contribution in [2.75, 3.05) is 5.32 Å². The van der Waals surface area contributed by atoms with Gasteiger partial charge in [-0.05, 0) is 28.1 Å². The second-order valence-electron chi connectivity index (χ2n) is 4.84. The van der Waals surface area contributed by atoms with Crippen LogP contribution in [-0.4, -0.2) is 20.2 Å².